The minimum atomic E-state index is -4.98. The number of nitrogens with zero attached hydrogens (tertiary/aromatic N) is 1. The van der Waals surface area contributed by atoms with Crippen molar-refractivity contribution in [1.82, 2.24) is 10.2 Å². The van der Waals surface area contributed by atoms with Crippen LogP contribution in [-0.4, -0.2) is 23.9 Å². The number of amides is 1. The van der Waals surface area contributed by atoms with E-state index in [1.54, 1.807) is 0 Å². The minimum absolute atomic E-state index is 0.0762. The van der Waals surface area contributed by atoms with E-state index in [0.717, 1.165) is 24.9 Å². The molecule has 1 unspecified atom stereocenters. The fraction of sp³-hybridized carbons (Fsp3) is 0.387. The normalized spacial score (nSPS) is 20.8. The number of benzene rings is 3. The third kappa shape index (κ3) is 6.86. The molecule has 1 aliphatic rings. The van der Waals surface area contributed by atoms with Gasteiger partial charge in [0.15, 0.2) is 0 Å². The van der Waals surface area contributed by atoms with E-state index in [-0.39, 0.29) is 17.7 Å². The van der Waals surface area contributed by atoms with Crippen LogP contribution in [0.5, 0.6) is 0 Å². The molecule has 0 aliphatic heterocycles. The molecule has 0 heterocycles. The standard InChI is InChI=1S/C31H32F6N2O/c1-21(23-17-25(30(32,33)34)19-26(18-23)31(35,36)37)28(40)38-29(24-11-7-4-8-12-24)15-13-27(14-16-29)39(2)20-22-9-5-3-6-10-22/h3-12,17-19,21,27H,13-16,20H2,1-2H3,(H,38,40)/t21?,27-,29-. The monoisotopic (exact) mass is 562 g/mol. The maximum absolute atomic E-state index is 13.5. The van der Waals surface area contributed by atoms with Crippen LogP contribution in [0.25, 0.3) is 0 Å². The van der Waals surface area contributed by atoms with E-state index in [2.05, 4.69) is 29.4 Å². The number of rotatable bonds is 7. The van der Waals surface area contributed by atoms with Crippen LogP contribution in [0.1, 0.15) is 66.3 Å². The molecule has 4 rings (SSSR count). The third-order valence-corrected chi connectivity index (χ3v) is 7.90. The fourth-order valence-corrected chi connectivity index (χ4v) is 5.50. The second-order valence-electron chi connectivity index (χ2n) is 10.6. The summed E-state index contributed by atoms with van der Waals surface area (Å²) in [5.74, 6) is -1.85. The van der Waals surface area contributed by atoms with Gasteiger partial charge in [-0.2, -0.15) is 26.3 Å². The molecule has 1 N–H and O–H groups in total. The zero-order valence-electron chi connectivity index (χ0n) is 22.3. The first-order valence-corrected chi connectivity index (χ1v) is 13.2. The van der Waals surface area contributed by atoms with Gasteiger partial charge in [-0.3, -0.25) is 9.69 Å². The van der Waals surface area contributed by atoms with Gasteiger partial charge in [0, 0.05) is 12.6 Å². The molecule has 1 atom stereocenters. The van der Waals surface area contributed by atoms with Crippen molar-refractivity contribution in [3.8, 4) is 0 Å². The van der Waals surface area contributed by atoms with Crippen LogP contribution >= 0.6 is 0 Å². The van der Waals surface area contributed by atoms with E-state index < -0.39 is 40.8 Å². The number of carbonyl (C=O) groups is 1. The summed E-state index contributed by atoms with van der Waals surface area (Å²) in [4.78, 5) is 15.8. The highest BCUT2D eigenvalue weighted by molar-refractivity contribution is 5.84. The Labute approximate surface area is 230 Å². The first-order valence-electron chi connectivity index (χ1n) is 13.2. The van der Waals surface area contributed by atoms with Crippen LogP contribution in [0.4, 0.5) is 26.3 Å². The Hall–Kier alpha value is -3.33. The number of nitrogens with one attached hydrogen (secondary N) is 1. The summed E-state index contributed by atoms with van der Waals surface area (Å²) in [5, 5.41) is 3.05. The summed E-state index contributed by atoms with van der Waals surface area (Å²) >= 11 is 0. The van der Waals surface area contributed by atoms with E-state index in [1.807, 2.05) is 48.5 Å². The predicted molar refractivity (Wildman–Crippen MR) is 141 cm³/mol. The predicted octanol–water partition coefficient (Wildman–Crippen LogP) is 7.91. The van der Waals surface area contributed by atoms with Crippen LogP contribution in [0.3, 0.4) is 0 Å². The van der Waals surface area contributed by atoms with Gasteiger partial charge in [-0.1, -0.05) is 60.7 Å². The minimum Gasteiger partial charge on any atom is -0.346 e. The van der Waals surface area contributed by atoms with Crippen LogP contribution in [-0.2, 0) is 29.2 Å². The molecule has 0 bridgehead atoms. The summed E-state index contributed by atoms with van der Waals surface area (Å²) in [6.45, 7) is 2.10. The van der Waals surface area contributed by atoms with E-state index in [9.17, 15) is 31.1 Å². The molecule has 3 aromatic rings. The van der Waals surface area contributed by atoms with E-state index in [4.69, 9.17) is 0 Å². The van der Waals surface area contributed by atoms with Gasteiger partial charge < -0.3 is 5.32 Å². The Kier molecular flexibility index (Phi) is 8.63. The quantitative estimate of drug-likeness (QED) is 0.297. The summed E-state index contributed by atoms with van der Waals surface area (Å²) in [6.07, 6.45) is -7.29. The fourth-order valence-electron chi connectivity index (χ4n) is 5.50. The summed E-state index contributed by atoms with van der Waals surface area (Å²) in [6, 6.07) is 21.0. The highest BCUT2D eigenvalue weighted by Crippen LogP contribution is 2.41. The molecular weight excluding hydrogens is 530 g/mol. The second-order valence-corrected chi connectivity index (χ2v) is 10.6. The lowest BCUT2D eigenvalue weighted by Gasteiger charge is -2.44. The molecule has 0 radical (unpaired) electrons. The van der Waals surface area contributed by atoms with Crippen molar-refractivity contribution < 1.29 is 31.1 Å². The largest absolute Gasteiger partial charge is 0.416 e. The molecule has 1 fully saturated rings. The van der Waals surface area contributed by atoms with Crippen molar-refractivity contribution in [2.45, 2.75) is 69.0 Å². The molecule has 214 valence electrons. The van der Waals surface area contributed by atoms with E-state index in [0.29, 0.717) is 25.0 Å². The Morgan fingerprint density at radius 1 is 0.875 bits per heavy atom. The highest BCUT2D eigenvalue weighted by atomic mass is 19.4. The van der Waals surface area contributed by atoms with Gasteiger partial charge in [-0.05, 0) is 74.5 Å². The Balaban J connectivity index is 1.56. The lowest BCUT2D eigenvalue weighted by Crippen LogP contribution is -2.51. The van der Waals surface area contributed by atoms with Gasteiger partial charge in [0.1, 0.15) is 0 Å². The molecule has 1 saturated carbocycles. The molecular formula is C31H32F6N2O. The molecule has 0 saturated heterocycles. The van der Waals surface area contributed by atoms with Crippen molar-refractivity contribution in [2.75, 3.05) is 7.05 Å². The number of alkyl halides is 6. The third-order valence-electron chi connectivity index (χ3n) is 7.90. The number of hydrogen-bond acceptors (Lipinski definition) is 2. The van der Waals surface area contributed by atoms with E-state index >= 15 is 0 Å². The average molecular weight is 563 g/mol. The van der Waals surface area contributed by atoms with Crippen molar-refractivity contribution in [3.63, 3.8) is 0 Å². The van der Waals surface area contributed by atoms with Crippen molar-refractivity contribution in [2.24, 2.45) is 0 Å². The maximum atomic E-state index is 13.5. The molecule has 3 nitrogen and oxygen atoms in total. The molecule has 0 aromatic heterocycles. The first kappa shape index (κ1) is 29.6. The average Bonchev–Trinajstić information content (AvgIpc) is 2.92. The zero-order valence-corrected chi connectivity index (χ0v) is 22.3. The van der Waals surface area contributed by atoms with Gasteiger partial charge in [-0.15, -0.1) is 0 Å². The van der Waals surface area contributed by atoms with Gasteiger partial charge in [0.05, 0.1) is 22.6 Å². The highest BCUT2D eigenvalue weighted by Gasteiger charge is 2.41. The molecule has 3 aromatic carbocycles. The molecule has 9 heteroatoms. The Morgan fingerprint density at radius 2 is 1.38 bits per heavy atom. The SMILES string of the molecule is CC(C(=O)N[C@]1(c2ccccc2)CC[C@@H](N(C)Cc2ccccc2)CC1)c1cc(C(F)(F)F)cc(C(F)(F)F)c1. The van der Waals surface area contributed by atoms with Crippen LogP contribution in [0.15, 0.2) is 78.9 Å². The summed E-state index contributed by atoms with van der Waals surface area (Å²) < 4.78 is 80.5. The van der Waals surface area contributed by atoms with Crippen molar-refractivity contribution in [3.05, 3.63) is 107 Å². The topological polar surface area (TPSA) is 32.3 Å². The van der Waals surface area contributed by atoms with E-state index in [1.165, 1.54) is 12.5 Å². The van der Waals surface area contributed by atoms with Gasteiger partial charge in [-0.25, -0.2) is 0 Å². The zero-order chi connectivity index (χ0) is 29.1. The summed E-state index contributed by atoms with van der Waals surface area (Å²) in [7, 11) is 2.06. The van der Waals surface area contributed by atoms with Gasteiger partial charge in [0.25, 0.3) is 0 Å². The molecule has 1 amide bonds. The molecule has 0 spiro atoms. The molecule has 1 aliphatic carbocycles. The van der Waals surface area contributed by atoms with Crippen LogP contribution in [0.2, 0.25) is 0 Å². The maximum Gasteiger partial charge on any atom is 0.416 e. The van der Waals surface area contributed by atoms with Crippen LogP contribution < -0.4 is 5.32 Å². The Morgan fingerprint density at radius 3 is 1.88 bits per heavy atom. The number of halogens is 6. The second kappa shape index (κ2) is 11.6. The first-order chi connectivity index (χ1) is 18.8. The van der Waals surface area contributed by atoms with Crippen molar-refractivity contribution >= 4 is 5.91 Å². The lowest BCUT2D eigenvalue weighted by atomic mass is 9.74. The molecule has 40 heavy (non-hydrogen) atoms. The number of hydrogen-bond donors (Lipinski definition) is 1. The van der Waals surface area contributed by atoms with Crippen LogP contribution in [0, 0.1) is 0 Å². The van der Waals surface area contributed by atoms with Gasteiger partial charge in [0.2, 0.25) is 5.91 Å². The van der Waals surface area contributed by atoms with Gasteiger partial charge >= 0.3 is 12.4 Å². The summed E-state index contributed by atoms with van der Waals surface area (Å²) in [5.41, 5.74) is -1.94. The van der Waals surface area contributed by atoms with Crippen molar-refractivity contribution in [1.29, 1.82) is 0 Å². The lowest BCUT2D eigenvalue weighted by molar-refractivity contribution is -0.143. The smallest absolute Gasteiger partial charge is 0.346 e. The number of carbonyl (C=O) groups excluding carboxylic acids is 1. The Bertz CT molecular complexity index is 1250.